The Morgan fingerprint density at radius 1 is 1.15 bits per heavy atom. The fourth-order valence-corrected chi connectivity index (χ4v) is 5.68. The van der Waals surface area contributed by atoms with Crippen molar-refractivity contribution in [1.29, 1.82) is 0 Å². The van der Waals surface area contributed by atoms with Crippen molar-refractivity contribution >= 4 is 41.9 Å². The first-order valence-electron chi connectivity index (χ1n) is 6.40. The molecule has 0 radical (unpaired) electrons. The predicted octanol–water partition coefficient (Wildman–Crippen LogP) is 2.92. The van der Waals surface area contributed by atoms with Crippen LogP contribution in [0.15, 0.2) is 32.0 Å². The predicted molar refractivity (Wildman–Crippen MR) is 87.3 cm³/mol. The molecule has 1 aromatic rings. The van der Waals surface area contributed by atoms with E-state index in [1.165, 1.54) is 0 Å². The van der Waals surface area contributed by atoms with E-state index < -0.39 is 10.0 Å². The van der Waals surface area contributed by atoms with Gasteiger partial charge in [0.05, 0.1) is 4.90 Å². The Labute approximate surface area is 137 Å². The largest absolute Gasteiger partial charge is 0.298 e. The van der Waals surface area contributed by atoms with Crippen LogP contribution in [0.3, 0.4) is 0 Å². The van der Waals surface area contributed by atoms with Crippen LogP contribution >= 0.6 is 31.9 Å². The SMILES string of the molecule is CC1CN(S(=O)(=O)c2ccc(Br)cc2Br)CC(C)N1C. The summed E-state index contributed by atoms with van der Waals surface area (Å²) in [7, 11) is -1.42. The van der Waals surface area contributed by atoms with Crippen molar-refractivity contribution in [2.24, 2.45) is 0 Å². The van der Waals surface area contributed by atoms with Gasteiger partial charge < -0.3 is 0 Å². The van der Waals surface area contributed by atoms with E-state index in [1.807, 2.05) is 7.05 Å². The topological polar surface area (TPSA) is 40.6 Å². The second-order valence-corrected chi connectivity index (χ2v) is 8.94. The van der Waals surface area contributed by atoms with Crippen LogP contribution in [-0.2, 0) is 10.0 Å². The lowest BCUT2D eigenvalue weighted by molar-refractivity contribution is 0.105. The first-order valence-corrected chi connectivity index (χ1v) is 9.43. The monoisotopic (exact) mass is 424 g/mol. The summed E-state index contributed by atoms with van der Waals surface area (Å²) in [5.41, 5.74) is 0. The van der Waals surface area contributed by atoms with Crippen LogP contribution < -0.4 is 0 Å². The van der Waals surface area contributed by atoms with Gasteiger partial charge in [-0.3, -0.25) is 4.90 Å². The van der Waals surface area contributed by atoms with E-state index in [0.29, 0.717) is 22.5 Å². The van der Waals surface area contributed by atoms with Crippen LogP contribution in [0.1, 0.15) is 13.8 Å². The molecule has 1 heterocycles. The Morgan fingerprint density at radius 3 is 2.20 bits per heavy atom. The van der Waals surface area contributed by atoms with E-state index in [4.69, 9.17) is 0 Å². The van der Waals surface area contributed by atoms with Crippen molar-refractivity contribution in [3.63, 3.8) is 0 Å². The summed E-state index contributed by atoms with van der Waals surface area (Å²) in [6.45, 7) is 5.14. The molecule has 4 nitrogen and oxygen atoms in total. The highest BCUT2D eigenvalue weighted by atomic mass is 79.9. The molecule has 112 valence electrons. The normalized spacial score (nSPS) is 25.9. The summed E-state index contributed by atoms with van der Waals surface area (Å²) in [6, 6.07) is 5.57. The lowest BCUT2D eigenvalue weighted by Crippen LogP contribution is -2.56. The molecule has 1 fully saturated rings. The Hall–Kier alpha value is 0.0500. The van der Waals surface area contributed by atoms with E-state index in [0.717, 1.165) is 4.47 Å². The van der Waals surface area contributed by atoms with Gasteiger partial charge in [-0.05, 0) is 55.0 Å². The number of nitrogens with zero attached hydrogens (tertiary/aromatic N) is 2. The Bertz CT molecular complexity index is 594. The van der Waals surface area contributed by atoms with Crippen molar-refractivity contribution in [2.75, 3.05) is 20.1 Å². The number of benzene rings is 1. The zero-order chi connectivity index (χ0) is 15.1. The molecule has 1 aliphatic heterocycles. The Kier molecular flexibility index (Phi) is 4.96. The molecule has 1 aromatic carbocycles. The highest BCUT2D eigenvalue weighted by molar-refractivity contribution is 9.11. The number of rotatable bonds is 2. The maximum Gasteiger partial charge on any atom is 0.244 e. The molecule has 0 N–H and O–H groups in total. The minimum atomic E-state index is -3.46. The van der Waals surface area contributed by atoms with Crippen molar-refractivity contribution in [3.05, 3.63) is 27.1 Å². The Balaban J connectivity index is 2.35. The van der Waals surface area contributed by atoms with E-state index in [-0.39, 0.29) is 12.1 Å². The van der Waals surface area contributed by atoms with Crippen molar-refractivity contribution in [3.8, 4) is 0 Å². The van der Waals surface area contributed by atoms with E-state index in [1.54, 1.807) is 22.5 Å². The molecule has 2 atom stereocenters. The highest BCUT2D eigenvalue weighted by Gasteiger charge is 2.35. The fraction of sp³-hybridized carbons (Fsp3) is 0.538. The summed E-state index contributed by atoms with van der Waals surface area (Å²) in [4.78, 5) is 2.53. The quantitative estimate of drug-likeness (QED) is 0.731. The number of halogens is 2. The number of likely N-dealkylation sites (N-methyl/N-ethyl adjacent to an activating group) is 1. The fourth-order valence-electron chi connectivity index (χ4n) is 2.38. The van der Waals surface area contributed by atoms with Crippen LogP contribution in [0.2, 0.25) is 0 Å². The molecule has 1 saturated heterocycles. The highest BCUT2D eigenvalue weighted by Crippen LogP contribution is 2.29. The van der Waals surface area contributed by atoms with Gasteiger partial charge >= 0.3 is 0 Å². The third-order valence-electron chi connectivity index (χ3n) is 3.84. The Morgan fingerprint density at radius 2 is 1.70 bits per heavy atom. The van der Waals surface area contributed by atoms with Crippen molar-refractivity contribution in [1.82, 2.24) is 9.21 Å². The lowest BCUT2D eigenvalue weighted by atomic mass is 10.1. The number of hydrogen-bond acceptors (Lipinski definition) is 3. The maximum absolute atomic E-state index is 12.8. The first kappa shape index (κ1) is 16.4. The summed E-state index contributed by atoms with van der Waals surface area (Å²) in [6.07, 6.45) is 0. The molecule has 0 aromatic heterocycles. The van der Waals surface area contributed by atoms with Crippen LogP contribution in [0.5, 0.6) is 0 Å². The number of sulfonamides is 1. The molecular formula is C13H18Br2N2O2S. The molecule has 0 bridgehead atoms. The molecule has 0 spiro atoms. The van der Waals surface area contributed by atoms with Gasteiger partial charge in [0.1, 0.15) is 0 Å². The summed E-state index contributed by atoms with van der Waals surface area (Å²) in [5.74, 6) is 0. The molecule has 7 heteroatoms. The number of piperazine rings is 1. The minimum absolute atomic E-state index is 0.211. The van der Waals surface area contributed by atoms with Crippen molar-refractivity contribution in [2.45, 2.75) is 30.8 Å². The molecule has 2 rings (SSSR count). The van der Waals surface area contributed by atoms with Crippen molar-refractivity contribution < 1.29 is 8.42 Å². The average Bonchev–Trinajstić information content (AvgIpc) is 2.34. The summed E-state index contributed by atoms with van der Waals surface area (Å²) >= 11 is 6.69. The smallest absolute Gasteiger partial charge is 0.244 e. The van der Waals surface area contributed by atoms with Gasteiger partial charge in [-0.2, -0.15) is 4.31 Å². The van der Waals surface area contributed by atoms with Gasteiger partial charge in [-0.25, -0.2) is 8.42 Å². The van der Waals surface area contributed by atoms with Crippen LogP contribution in [-0.4, -0.2) is 49.8 Å². The van der Waals surface area contributed by atoms with Gasteiger partial charge in [0, 0.05) is 34.1 Å². The van der Waals surface area contributed by atoms with Crippen LogP contribution in [0.25, 0.3) is 0 Å². The molecule has 2 unspecified atom stereocenters. The van der Waals surface area contributed by atoms with Crippen LogP contribution in [0, 0.1) is 0 Å². The molecule has 1 aliphatic rings. The molecule has 0 amide bonds. The molecule has 20 heavy (non-hydrogen) atoms. The zero-order valence-corrected chi connectivity index (χ0v) is 15.7. The second-order valence-electron chi connectivity index (χ2n) is 5.26. The van der Waals surface area contributed by atoms with E-state index in [2.05, 4.69) is 50.6 Å². The third kappa shape index (κ3) is 3.11. The summed E-state index contributed by atoms with van der Waals surface area (Å²) in [5, 5.41) is 0. The minimum Gasteiger partial charge on any atom is -0.298 e. The molecular weight excluding hydrogens is 408 g/mol. The van der Waals surface area contributed by atoms with Gasteiger partial charge in [0.15, 0.2) is 0 Å². The number of hydrogen-bond donors (Lipinski definition) is 0. The van der Waals surface area contributed by atoms with Crippen LogP contribution in [0.4, 0.5) is 0 Å². The zero-order valence-electron chi connectivity index (χ0n) is 11.7. The molecule has 0 aliphatic carbocycles. The van der Waals surface area contributed by atoms with Gasteiger partial charge in [0.2, 0.25) is 10.0 Å². The first-order chi connectivity index (χ1) is 9.23. The van der Waals surface area contributed by atoms with E-state index in [9.17, 15) is 8.42 Å². The lowest BCUT2D eigenvalue weighted by Gasteiger charge is -2.41. The standard InChI is InChI=1S/C13H18Br2N2O2S/c1-9-7-17(8-10(2)16(9)3)20(18,19)13-5-4-11(14)6-12(13)15/h4-6,9-10H,7-8H2,1-3H3. The summed E-state index contributed by atoms with van der Waals surface area (Å²) < 4.78 is 28.6. The van der Waals surface area contributed by atoms with Gasteiger partial charge in [-0.1, -0.05) is 15.9 Å². The second kappa shape index (κ2) is 6.04. The molecule has 0 saturated carbocycles. The van der Waals surface area contributed by atoms with Gasteiger partial charge in [0.25, 0.3) is 0 Å². The average molecular weight is 426 g/mol. The third-order valence-corrected chi connectivity index (χ3v) is 7.14. The van der Waals surface area contributed by atoms with Gasteiger partial charge in [-0.15, -0.1) is 0 Å². The van der Waals surface area contributed by atoms with E-state index >= 15 is 0 Å². The maximum atomic E-state index is 12.8.